The van der Waals surface area contributed by atoms with Gasteiger partial charge in [0.15, 0.2) is 0 Å². The first kappa shape index (κ1) is 11.7. The summed E-state index contributed by atoms with van der Waals surface area (Å²) in [7, 11) is 1.81. The Kier molecular flexibility index (Phi) is 3.85. The summed E-state index contributed by atoms with van der Waals surface area (Å²) in [5.74, 6) is -0.0992. The van der Waals surface area contributed by atoms with Crippen molar-refractivity contribution in [2.24, 2.45) is 12.8 Å². The lowest BCUT2D eigenvalue weighted by Crippen LogP contribution is -2.38. The second-order valence-electron chi connectivity index (χ2n) is 3.63. The molecule has 1 heterocycles. The van der Waals surface area contributed by atoms with Gasteiger partial charge in [0.1, 0.15) is 0 Å². The molecule has 0 radical (unpaired) electrons. The van der Waals surface area contributed by atoms with Gasteiger partial charge in [-0.3, -0.25) is 9.48 Å². The largest absolute Gasteiger partial charge is 0.348 e. The summed E-state index contributed by atoms with van der Waals surface area (Å²) in [4.78, 5) is 11.8. The molecule has 5 nitrogen and oxygen atoms in total. The molecule has 3 N–H and O–H groups in total. The molecule has 0 saturated carbocycles. The van der Waals surface area contributed by atoms with Crippen LogP contribution in [0.5, 0.6) is 0 Å². The van der Waals surface area contributed by atoms with Crippen molar-refractivity contribution < 1.29 is 4.79 Å². The van der Waals surface area contributed by atoms with Gasteiger partial charge in [0, 0.05) is 25.8 Å². The van der Waals surface area contributed by atoms with Crippen LogP contribution in [-0.4, -0.2) is 28.3 Å². The molecule has 1 atom stereocenters. The van der Waals surface area contributed by atoms with E-state index in [9.17, 15) is 4.79 Å². The maximum Gasteiger partial charge on any atom is 0.255 e. The summed E-state index contributed by atoms with van der Waals surface area (Å²) < 4.78 is 1.65. The number of aryl methyl sites for hydroxylation is 2. The van der Waals surface area contributed by atoms with Crippen molar-refractivity contribution in [2.75, 3.05) is 6.54 Å². The van der Waals surface area contributed by atoms with Crippen LogP contribution in [0.25, 0.3) is 0 Å². The number of rotatable bonds is 4. The number of hydrogen-bond donors (Lipinski definition) is 2. The van der Waals surface area contributed by atoms with Crippen molar-refractivity contribution in [3.63, 3.8) is 0 Å². The molecule has 0 aliphatic heterocycles. The van der Waals surface area contributed by atoms with Crippen molar-refractivity contribution in [2.45, 2.75) is 26.3 Å². The molecule has 0 aliphatic rings. The predicted octanol–water partition coefficient (Wildman–Crippen LogP) is 0.0595. The normalized spacial score (nSPS) is 12.5. The smallest absolute Gasteiger partial charge is 0.255 e. The number of nitrogens with two attached hydrogens (primary N) is 1. The summed E-state index contributed by atoms with van der Waals surface area (Å²) in [5.41, 5.74) is 6.90. The van der Waals surface area contributed by atoms with E-state index in [0.29, 0.717) is 12.1 Å². The molecule has 0 aliphatic carbocycles. The molecule has 1 aromatic heterocycles. The quantitative estimate of drug-likeness (QED) is 0.738. The molecule has 5 heteroatoms. The summed E-state index contributed by atoms with van der Waals surface area (Å²) in [5, 5.41) is 7.02. The molecule has 1 rings (SSSR count). The number of nitrogens with one attached hydrogen (secondary N) is 1. The fourth-order valence-electron chi connectivity index (χ4n) is 1.35. The molecule has 0 saturated heterocycles. The summed E-state index contributed by atoms with van der Waals surface area (Å²) in [6, 6.07) is -0.0117. The van der Waals surface area contributed by atoms with E-state index >= 15 is 0 Å². The molecule has 0 spiro atoms. The molecule has 1 amide bonds. The highest BCUT2D eigenvalue weighted by atomic mass is 16.1. The van der Waals surface area contributed by atoms with Gasteiger partial charge in [-0.15, -0.1) is 0 Å². The predicted molar refractivity (Wildman–Crippen MR) is 58.6 cm³/mol. The number of hydrogen-bond acceptors (Lipinski definition) is 3. The topological polar surface area (TPSA) is 72.9 Å². The Morgan fingerprint density at radius 1 is 1.73 bits per heavy atom. The van der Waals surface area contributed by atoms with Gasteiger partial charge in [0.2, 0.25) is 0 Å². The first-order valence-corrected chi connectivity index (χ1v) is 5.12. The van der Waals surface area contributed by atoms with E-state index in [4.69, 9.17) is 5.73 Å². The van der Waals surface area contributed by atoms with Crippen LogP contribution < -0.4 is 11.1 Å². The monoisotopic (exact) mass is 210 g/mol. The van der Waals surface area contributed by atoms with E-state index in [0.717, 1.165) is 12.1 Å². The minimum absolute atomic E-state index is 0.0117. The van der Waals surface area contributed by atoms with Gasteiger partial charge >= 0.3 is 0 Å². The van der Waals surface area contributed by atoms with Crippen molar-refractivity contribution >= 4 is 5.91 Å². The minimum Gasteiger partial charge on any atom is -0.348 e. The van der Waals surface area contributed by atoms with Crippen LogP contribution in [0.15, 0.2) is 6.20 Å². The second kappa shape index (κ2) is 4.93. The molecule has 84 valence electrons. The Morgan fingerprint density at radius 2 is 2.40 bits per heavy atom. The highest BCUT2D eigenvalue weighted by Crippen LogP contribution is 2.06. The zero-order valence-electron chi connectivity index (χ0n) is 9.45. The molecule has 0 unspecified atom stereocenters. The second-order valence-corrected chi connectivity index (χ2v) is 3.63. The van der Waals surface area contributed by atoms with Gasteiger partial charge in [0.05, 0.1) is 11.3 Å². The van der Waals surface area contributed by atoms with Gasteiger partial charge in [-0.25, -0.2) is 0 Å². The van der Waals surface area contributed by atoms with Crippen LogP contribution in [0, 0.1) is 0 Å². The van der Waals surface area contributed by atoms with Crippen molar-refractivity contribution in [1.82, 2.24) is 15.1 Å². The SMILES string of the molecule is CCc1nn(C)cc1C(=O)N[C@H](C)CN. The summed E-state index contributed by atoms with van der Waals surface area (Å²) >= 11 is 0. The standard InChI is InChI=1S/C10H18N4O/c1-4-9-8(6-14(3)13-9)10(15)12-7(2)5-11/h6-7H,4-5,11H2,1-3H3,(H,12,15)/t7-/m1/s1. The van der Waals surface area contributed by atoms with Crippen LogP contribution in [0.1, 0.15) is 29.9 Å². The van der Waals surface area contributed by atoms with Gasteiger partial charge in [-0.1, -0.05) is 6.92 Å². The average Bonchev–Trinajstić information content (AvgIpc) is 2.59. The number of carbonyl (C=O) groups excluding carboxylic acids is 1. The van der Waals surface area contributed by atoms with E-state index in [-0.39, 0.29) is 11.9 Å². The number of nitrogens with zero attached hydrogens (tertiary/aromatic N) is 2. The molecule has 15 heavy (non-hydrogen) atoms. The maximum absolute atomic E-state index is 11.8. The van der Waals surface area contributed by atoms with Crippen LogP contribution in [0.2, 0.25) is 0 Å². The van der Waals surface area contributed by atoms with Gasteiger partial charge in [-0.05, 0) is 13.3 Å². The van der Waals surface area contributed by atoms with Crippen LogP contribution in [0.4, 0.5) is 0 Å². The molecule has 0 aromatic carbocycles. The number of aromatic nitrogens is 2. The molecule has 0 bridgehead atoms. The van der Waals surface area contributed by atoms with Gasteiger partial charge < -0.3 is 11.1 Å². The number of amides is 1. The maximum atomic E-state index is 11.8. The van der Waals surface area contributed by atoms with E-state index in [1.54, 1.807) is 10.9 Å². The first-order chi connectivity index (χ1) is 7.08. The number of carbonyl (C=O) groups is 1. The third kappa shape index (κ3) is 2.79. The molecule has 0 fully saturated rings. The Morgan fingerprint density at radius 3 is 2.93 bits per heavy atom. The fourth-order valence-corrected chi connectivity index (χ4v) is 1.35. The van der Waals surface area contributed by atoms with Crippen LogP contribution in [0.3, 0.4) is 0 Å². The van der Waals surface area contributed by atoms with Gasteiger partial charge in [0.25, 0.3) is 5.91 Å². The lowest BCUT2D eigenvalue weighted by molar-refractivity contribution is 0.0940. The third-order valence-electron chi connectivity index (χ3n) is 2.22. The average molecular weight is 210 g/mol. The van der Waals surface area contributed by atoms with E-state index in [1.165, 1.54) is 0 Å². The first-order valence-electron chi connectivity index (χ1n) is 5.12. The van der Waals surface area contributed by atoms with E-state index in [1.807, 2.05) is 20.9 Å². The van der Waals surface area contributed by atoms with Crippen molar-refractivity contribution in [3.8, 4) is 0 Å². The van der Waals surface area contributed by atoms with Crippen LogP contribution >= 0.6 is 0 Å². The molecular formula is C10H18N4O. The highest BCUT2D eigenvalue weighted by Gasteiger charge is 2.15. The Balaban J connectivity index is 2.81. The lowest BCUT2D eigenvalue weighted by atomic mass is 10.2. The molecule has 1 aromatic rings. The Bertz CT molecular complexity index is 345. The lowest BCUT2D eigenvalue weighted by Gasteiger charge is -2.10. The summed E-state index contributed by atoms with van der Waals surface area (Å²) in [6.07, 6.45) is 2.48. The molecular weight excluding hydrogens is 192 g/mol. The van der Waals surface area contributed by atoms with Crippen LogP contribution in [-0.2, 0) is 13.5 Å². The van der Waals surface area contributed by atoms with Crippen molar-refractivity contribution in [1.29, 1.82) is 0 Å². The zero-order chi connectivity index (χ0) is 11.4. The Labute approximate surface area is 89.6 Å². The van der Waals surface area contributed by atoms with E-state index in [2.05, 4.69) is 10.4 Å². The van der Waals surface area contributed by atoms with Gasteiger partial charge in [-0.2, -0.15) is 5.10 Å². The fraction of sp³-hybridized carbons (Fsp3) is 0.600. The van der Waals surface area contributed by atoms with E-state index < -0.39 is 0 Å². The third-order valence-corrected chi connectivity index (χ3v) is 2.22. The Hall–Kier alpha value is -1.36. The summed E-state index contributed by atoms with van der Waals surface area (Å²) in [6.45, 7) is 4.29. The van der Waals surface area contributed by atoms with Crippen molar-refractivity contribution in [3.05, 3.63) is 17.5 Å². The zero-order valence-corrected chi connectivity index (χ0v) is 9.45. The minimum atomic E-state index is -0.0992. The highest BCUT2D eigenvalue weighted by molar-refractivity contribution is 5.95.